The Morgan fingerprint density at radius 1 is 1.23 bits per heavy atom. The Morgan fingerprint density at radius 3 is 2.54 bits per heavy atom. The fourth-order valence-electron chi connectivity index (χ4n) is 5.51. The van der Waals surface area contributed by atoms with E-state index in [1.54, 1.807) is 16.7 Å². The Bertz CT molecular complexity index is 1100. The topological polar surface area (TPSA) is 102 Å². The fourth-order valence-corrected chi connectivity index (χ4v) is 5.80. The van der Waals surface area contributed by atoms with Crippen LogP contribution in [0.2, 0.25) is 5.02 Å². The first kappa shape index (κ1) is 29.4. The summed E-state index contributed by atoms with van der Waals surface area (Å²) < 4.78 is 44.2. The Kier molecular flexibility index (Phi) is 8.67. The first-order valence-electron chi connectivity index (χ1n) is 13.1. The maximum atomic E-state index is 13.3. The second kappa shape index (κ2) is 11.5. The zero-order valence-corrected chi connectivity index (χ0v) is 22.7. The van der Waals surface area contributed by atoms with Crippen molar-refractivity contribution in [2.24, 2.45) is 5.41 Å². The van der Waals surface area contributed by atoms with Crippen LogP contribution in [0.4, 0.5) is 23.7 Å². The maximum absolute atomic E-state index is 13.3. The number of nitrogens with one attached hydrogen (secondary N) is 1. The van der Waals surface area contributed by atoms with Gasteiger partial charge in [-0.05, 0) is 56.2 Å². The number of anilines is 1. The number of hydrogen-bond acceptors (Lipinski definition) is 5. The van der Waals surface area contributed by atoms with Crippen molar-refractivity contribution in [3.8, 4) is 0 Å². The van der Waals surface area contributed by atoms with Crippen LogP contribution in [0.15, 0.2) is 18.2 Å². The molecule has 13 heteroatoms. The molecule has 1 aromatic carbocycles. The van der Waals surface area contributed by atoms with Crippen LogP contribution in [-0.2, 0) is 20.5 Å². The molecule has 0 radical (unpaired) electrons. The highest BCUT2D eigenvalue weighted by atomic mass is 35.5. The van der Waals surface area contributed by atoms with E-state index in [1.807, 2.05) is 0 Å². The number of hydrogen-bond donors (Lipinski definition) is 2. The molecule has 9 nitrogen and oxygen atoms in total. The number of aliphatic hydroxyl groups excluding tert-OH is 1. The molecule has 1 spiro atoms. The summed E-state index contributed by atoms with van der Waals surface area (Å²) in [5.41, 5.74) is -0.931. The summed E-state index contributed by atoms with van der Waals surface area (Å²) in [5.74, 6) is -0.389. The van der Waals surface area contributed by atoms with E-state index in [4.69, 9.17) is 16.3 Å². The van der Waals surface area contributed by atoms with Gasteiger partial charge in [-0.2, -0.15) is 13.2 Å². The molecular formula is C26H34ClF3N4O5. The molecule has 3 aliphatic rings. The van der Waals surface area contributed by atoms with Crippen LogP contribution < -0.4 is 5.32 Å². The quantitative estimate of drug-likeness (QED) is 0.518. The van der Waals surface area contributed by atoms with Crippen molar-refractivity contribution in [2.45, 2.75) is 63.4 Å². The number of halogens is 4. The van der Waals surface area contributed by atoms with Crippen molar-refractivity contribution in [1.29, 1.82) is 0 Å². The average molecular weight is 575 g/mol. The number of alkyl halides is 3. The number of carbonyl (C=O) groups excluding carboxylic acids is 3. The third-order valence-electron chi connectivity index (χ3n) is 8.19. The van der Waals surface area contributed by atoms with Gasteiger partial charge in [-0.25, -0.2) is 4.79 Å². The number of amides is 4. The lowest BCUT2D eigenvalue weighted by Gasteiger charge is -2.42. The number of piperidine rings is 1. The zero-order chi connectivity index (χ0) is 28.5. The normalized spacial score (nSPS) is 23.7. The van der Waals surface area contributed by atoms with Gasteiger partial charge in [0.05, 0.1) is 29.3 Å². The van der Waals surface area contributed by atoms with Gasteiger partial charge in [-0.3, -0.25) is 9.59 Å². The lowest BCUT2D eigenvalue weighted by Crippen LogP contribution is -2.61. The van der Waals surface area contributed by atoms with Gasteiger partial charge in [-0.1, -0.05) is 11.6 Å². The molecule has 2 aliphatic heterocycles. The SMILES string of the molecule is COCC(CCC(=O)N1CCC2(CC2)C(O)C1)N1CCN(C(=O)Nc2ccc(C(F)(F)F)c(Cl)c2)C(C)C1=O. The van der Waals surface area contributed by atoms with Gasteiger partial charge in [0, 0.05) is 45.4 Å². The van der Waals surface area contributed by atoms with Crippen LogP contribution in [0.5, 0.6) is 0 Å². The van der Waals surface area contributed by atoms with Gasteiger partial charge >= 0.3 is 12.2 Å². The molecule has 4 rings (SSSR count). The van der Waals surface area contributed by atoms with Gasteiger partial charge in [0.1, 0.15) is 6.04 Å². The van der Waals surface area contributed by atoms with Crippen molar-refractivity contribution in [1.82, 2.24) is 14.7 Å². The van der Waals surface area contributed by atoms with E-state index < -0.39 is 34.9 Å². The number of carbonyl (C=O) groups is 3. The van der Waals surface area contributed by atoms with Gasteiger partial charge in [0.15, 0.2) is 0 Å². The van der Waals surface area contributed by atoms with Crippen molar-refractivity contribution >= 4 is 35.1 Å². The second-order valence-electron chi connectivity index (χ2n) is 10.6. The second-order valence-corrected chi connectivity index (χ2v) is 11.0. The molecule has 0 bridgehead atoms. The summed E-state index contributed by atoms with van der Waals surface area (Å²) in [7, 11) is 1.51. The molecule has 0 aromatic heterocycles. The van der Waals surface area contributed by atoms with Crippen LogP contribution in [0.3, 0.4) is 0 Å². The van der Waals surface area contributed by atoms with E-state index >= 15 is 0 Å². The molecule has 3 unspecified atom stereocenters. The minimum Gasteiger partial charge on any atom is -0.391 e. The predicted molar refractivity (Wildman–Crippen MR) is 137 cm³/mol. The molecule has 2 N–H and O–H groups in total. The predicted octanol–water partition coefficient (Wildman–Crippen LogP) is 3.59. The van der Waals surface area contributed by atoms with Crippen molar-refractivity contribution in [3.05, 3.63) is 28.8 Å². The van der Waals surface area contributed by atoms with Crippen LogP contribution in [0, 0.1) is 5.41 Å². The minimum atomic E-state index is -4.62. The molecule has 4 amide bonds. The molecule has 216 valence electrons. The summed E-state index contributed by atoms with van der Waals surface area (Å²) >= 11 is 5.75. The smallest absolute Gasteiger partial charge is 0.391 e. The Morgan fingerprint density at radius 2 is 1.95 bits per heavy atom. The molecule has 1 saturated carbocycles. The standard InChI is InChI=1S/C26H34ClF3N4O5/c1-16-23(37)34(12-11-33(16)24(38)31-17-3-5-19(20(27)13-17)26(28,29)30)18(15-39-2)4-6-22(36)32-10-9-25(7-8-25)21(35)14-32/h3,5,13,16,18,21,35H,4,6-12,14-15H2,1-2H3,(H,31,38). The summed E-state index contributed by atoms with van der Waals surface area (Å²) in [5, 5.41) is 12.4. The summed E-state index contributed by atoms with van der Waals surface area (Å²) in [6.45, 7) is 3.14. The van der Waals surface area contributed by atoms with Gasteiger partial charge in [-0.15, -0.1) is 0 Å². The number of likely N-dealkylation sites (tertiary alicyclic amines) is 1. The number of nitrogens with zero attached hydrogens (tertiary/aromatic N) is 3. The number of rotatable bonds is 7. The molecule has 3 atom stereocenters. The van der Waals surface area contributed by atoms with E-state index in [9.17, 15) is 32.7 Å². The van der Waals surface area contributed by atoms with Crippen LogP contribution in [0.1, 0.15) is 44.6 Å². The third-order valence-corrected chi connectivity index (χ3v) is 8.51. The largest absolute Gasteiger partial charge is 0.417 e. The van der Waals surface area contributed by atoms with Crippen molar-refractivity contribution in [3.63, 3.8) is 0 Å². The minimum absolute atomic E-state index is 0.00265. The molecule has 2 heterocycles. The first-order valence-corrected chi connectivity index (χ1v) is 13.4. The van der Waals surface area contributed by atoms with Crippen LogP contribution in [0.25, 0.3) is 0 Å². The van der Waals surface area contributed by atoms with Crippen molar-refractivity contribution in [2.75, 3.05) is 45.2 Å². The third kappa shape index (κ3) is 6.44. The van der Waals surface area contributed by atoms with Gasteiger partial charge < -0.3 is 29.9 Å². The van der Waals surface area contributed by atoms with Gasteiger partial charge in [0.2, 0.25) is 11.8 Å². The number of piperazine rings is 1. The first-order chi connectivity index (χ1) is 18.4. The molecular weight excluding hydrogens is 541 g/mol. The lowest BCUT2D eigenvalue weighted by atomic mass is 9.90. The fraction of sp³-hybridized carbons (Fsp3) is 0.654. The molecule has 2 saturated heterocycles. The number of aliphatic hydroxyl groups is 1. The van der Waals surface area contributed by atoms with Crippen molar-refractivity contribution < 1.29 is 37.4 Å². The average Bonchev–Trinajstić information content (AvgIpc) is 3.65. The van der Waals surface area contributed by atoms with Crippen LogP contribution >= 0.6 is 11.6 Å². The van der Waals surface area contributed by atoms with Crippen LogP contribution in [-0.4, -0.2) is 95.7 Å². The van der Waals surface area contributed by atoms with E-state index in [0.717, 1.165) is 37.5 Å². The highest BCUT2D eigenvalue weighted by Crippen LogP contribution is 2.53. The van der Waals surface area contributed by atoms with E-state index in [0.29, 0.717) is 19.5 Å². The Labute approximate surface area is 230 Å². The summed E-state index contributed by atoms with van der Waals surface area (Å²) in [6, 6.07) is 1.05. The number of methoxy groups -OCH3 is 1. The number of ether oxygens (including phenoxy) is 1. The monoisotopic (exact) mass is 574 g/mol. The number of β-amino-alcohol motifs (C(OH)–C–C–N with tert-alkyl or cyclic N) is 1. The maximum Gasteiger partial charge on any atom is 0.417 e. The van der Waals surface area contributed by atoms with Gasteiger partial charge in [0.25, 0.3) is 0 Å². The highest BCUT2D eigenvalue weighted by Gasteiger charge is 2.51. The van der Waals surface area contributed by atoms with E-state index in [1.165, 1.54) is 12.0 Å². The highest BCUT2D eigenvalue weighted by molar-refractivity contribution is 6.31. The summed E-state index contributed by atoms with van der Waals surface area (Å²) in [6.07, 6.45) is -1.72. The zero-order valence-electron chi connectivity index (χ0n) is 22.0. The Hall–Kier alpha value is -2.57. The summed E-state index contributed by atoms with van der Waals surface area (Å²) in [4.78, 5) is 43.6. The molecule has 3 fully saturated rings. The van der Waals surface area contributed by atoms with E-state index in [-0.39, 0.29) is 55.1 Å². The Balaban J connectivity index is 1.33. The van der Waals surface area contributed by atoms with E-state index in [2.05, 4.69) is 5.32 Å². The molecule has 1 aromatic rings. The number of urea groups is 1. The number of benzene rings is 1. The molecule has 1 aliphatic carbocycles. The lowest BCUT2D eigenvalue weighted by molar-refractivity contribution is -0.145. The molecule has 39 heavy (non-hydrogen) atoms.